The van der Waals surface area contributed by atoms with E-state index in [1.807, 2.05) is 7.05 Å². The summed E-state index contributed by atoms with van der Waals surface area (Å²) in [5.74, 6) is -2.93. The van der Waals surface area contributed by atoms with Crippen LogP contribution in [0, 0.1) is 17.5 Å². The molecule has 1 fully saturated rings. The molecule has 1 aromatic carbocycles. The minimum Gasteiger partial charge on any atom is -0.380 e. The third kappa shape index (κ3) is 2.91. The molecular weight excluding hydrogens is 229 g/mol. The highest BCUT2D eigenvalue weighted by atomic mass is 19.2. The number of halogens is 3. The normalized spacial score (nSPS) is 18.4. The Hall–Kier alpha value is -1.23. The first-order chi connectivity index (χ1) is 8.06. The molecule has 0 saturated carbocycles. The monoisotopic (exact) mass is 244 g/mol. The molecule has 0 aliphatic carbocycles. The number of nitrogens with one attached hydrogen (secondary N) is 1. The molecule has 1 aromatic rings. The average molecular weight is 244 g/mol. The standard InChI is InChI=1S/C12H15F3N2/c1-17-4-2-8(3-5-17)16-12-7-10(14)9(13)6-11(12)15/h6-8,16H,2-5H2,1H3. The van der Waals surface area contributed by atoms with E-state index in [1.54, 1.807) is 0 Å². The molecule has 2 nitrogen and oxygen atoms in total. The lowest BCUT2D eigenvalue weighted by Crippen LogP contribution is -2.36. The van der Waals surface area contributed by atoms with Gasteiger partial charge in [0.25, 0.3) is 0 Å². The molecule has 0 unspecified atom stereocenters. The van der Waals surface area contributed by atoms with Gasteiger partial charge in [0.05, 0.1) is 5.69 Å². The summed E-state index contributed by atoms with van der Waals surface area (Å²) in [6.45, 7) is 1.84. The first-order valence-electron chi connectivity index (χ1n) is 5.66. The summed E-state index contributed by atoms with van der Waals surface area (Å²) in [7, 11) is 2.02. The number of nitrogens with zero attached hydrogens (tertiary/aromatic N) is 1. The average Bonchev–Trinajstić information content (AvgIpc) is 2.29. The van der Waals surface area contributed by atoms with Gasteiger partial charge in [-0.05, 0) is 33.0 Å². The van der Waals surface area contributed by atoms with Gasteiger partial charge in [-0.2, -0.15) is 0 Å². The molecular formula is C12H15F3N2. The maximum Gasteiger partial charge on any atom is 0.161 e. The van der Waals surface area contributed by atoms with E-state index < -0.39 is 17.5 Å². The van der Waals surface area contributed by atoms with Gasteiger partial charge < -0.3 is 10.2 Å². The van der Waals surface area contributed by atoms with Gasteiger partial charge in [-0.15, -0.1) is 0 Å². The second kappa shape index (κ2) is 4.96. The summed E-state index contributed by atoms with van der Waals surface area (Å²) < 4.78 is 39.1. The molecule has 1 saturated heterocycles. The molecule has 0 radical (unpaired) electrons. The number of piperidine rings is 1. The van der Waals surface area contributed by atoms with Crippen molar-refractivity contribution in [3.63, 3.8) is 0 Å². The van der Waals surface area contributed by atoms with Crippen LogP contribution in [0.2, 0.25) is 0 Å². The van der Waals surface area contributed by atoms with Crippen LogP contribution in [0.1, 0.15) is 12.8 Å². The molecule has 0 amide bonds. The van der Waals surface area contributed by atoms with Crippen molar-refractivity contribution in [1.29, 1.82) is 0 Å². The predicted octanol–water partition coefficient (Wildman–Crippen LogP) is 2.61. The second-order valence-electron chi connectivity index (χ2n) is 4.47. The van der Waals surface area contributed by atoms with Crippen molar-refractivity contribution in [3.8, 4) is 0 Å². The Balaban J connectivity index is 2.06. The molecule has 1 aliphatic rings. The Morgan fingerprint density at radius 2 is 1.65 bits per heavy atom. The first kappa shape index (κ1) is 12.2. The highest BCUT2D eigenvalue weighted by Crippen LogP contribution is 2.21. The van der Waals surface area contributed by atoms with Crippen molar-refractivity contribution < 1.29 is 13.2 Å². The fourth-order valence-electron chi connectivity index (χ4n) is 2.01. The van der Waals surface area contributed by atoms with Crippen LogP contribution in [0.15, 0.2) is 12.1 Å². The highest BCUT2D eigenvalue weighted by molar-refractivity contribution is 5.46. The van der Waals surface area contributed by atoms with Crippen molar-refractivity contribution in [2.75, 3.05) is 25.5 Å². The van der Waals surface area contributed by atoms with E-state index in [0.717, 1.165) is 32.0 Å². The van der Waals surface area contributed by atoms with Gasteiger partial charge in [0.15, 0.2) is 11.6 Å². The fraction of sp³-hybridized carbons (Fsp3) is 0.500. The zero-order valence-electron chi connectivity index (χ0n) is 9.64. The number of benzene rings is 1. The molecule has 0 spiro atoms. The smallest absolute Gasteiger partial charge is 0.161 e. The summed E-state index contributed by atoms with van der Waals surface area (Å²) in [5, 5.41) is 2.93. The van der Waals surface area contributed by atoms with Crippen LogP contribution >= 0.6 is 0 Å². The zero-order valence-corrected chi connectivity index (χ0v) is 9.64. The number of rotatable bonds is 2. The minimum absolute atomic E-state index is 0.0402. The molecule has 94 valence electrons. The maximum absolute atomic E-state index is 13.4. The quantitative estimate of drug-likeness (QED) is 0.804. The Bertz CT molecular complexity index is 401. The van der Waals surface area contributed by atoms with E-state index in [9.17, 15) is 13.2 Å². The first-order valence-corrected chi connectivity index (χ1v) is 5.66. The van der Waals surface area contributed by atoms with Crippen LogP contribution in [0.4, 0.5) is 18.9 Å². The molecule has 0 aromatic heterocycles. The fourth-order valence-corrected chi connectivity index (χ4v) is 2.01. The Labute approximate surface area is 98.4 Å². The Kier molecular flexibility index (Phi) is 3.57. The van der Waals surface area contributed by atoms with Gasteiger partial charge in [0.2, 0.25) is 0 Å². The van der Waals surface area contributed by atoms with Gasteiger partial charge in [0, 0.05) is 18.2 Å². The van der Waals surface area contributed by atoms with Crippen molar-refractivity contribution in [1.82, 2.24) is 4.90 Å². The Morgan fingerprint density at radius 1 is 1.06 bits per heavy atom. The van der Waals surface area contributed by atoms with Gasteiger partial charge in [-0.25, -0.2) is 13.2 Å². The van der Waals surface area contributed by atoms with Crippen molar-refractivity contribution in [3.05, 3.63) is 29.6 Å². The van der Waals surface area contributed by atoms with E-state index in [4.69, 9.17) is 0 Å². The summed E-state index contributed by atoms with van der Waals surface area (Å²) >= 11 is 0. The number of hydrogen-bond acceptors (Lipinski definition) is 2. The zero-order chi connectivity index (χ0) is 12.4. The second-order valence-corrected chi connectivity index (χ2v) is 4.47. The lowest BCUT2D eigenvalue weighted by Gasteiger charge is -2.30. The molecule has 2 rings (SSSR count). The summed E-state index contributed by atoms with van der Waals surface area (Å²) in [6, 6.07) is 1.57. The Morgan fingerprint density at radius 3 is 2.29 bits per heavy atom. The van der Waals surface area contributed by atoms with Crippen molar-refractivity contribution in [2.24, 2.45) is 0 Å². The largest absolute Gasteiger partial charge is 0.380 e. The van der Waals surface area contributed by atoms with Crippen LogP contribution in [-0.4, -0.2) is 31.1 Å². The van der Waals surface area contributed by atoms with E-state index >= 15 is 0 Å². The number of likely N-dealkylation sites (tertiary alicyclic amines) is 1. The third-order valence-corrected chi connectivity index (χ3v) is 3.09. The number of hydrogen-bond donors (Lipinski definition) is 1. The van der Waals surface area contributed by atoms with Gasteiger partial charge >= 0.3 is 0 Å². The third-order valence-electron chi connectivity index (χ3n) is 3.09. The predicted molar refractivity (Wildman–Crippen MR) is 60.5 cm³/mol. The minimum atomic E-state index is -1.16. The molecule has 1 N–H and O–H groups in total. The molecule has 5 heteroatoms. The topological polar surface area (TPSA) is 15.3 Å². The molecule has 0 bridgehead atoms. The van der Waals surface area contributed by atoms with E-state index in [1.165, 1.54) is 0 Å². The molecule has 1 aliphatic heterocycles. The van der Waals surface area contributed by atoms with Crippen LogP contribution in [-0.2, 0) is 0 Å². The SMILES string of the molecule is CN1CCC(Nc2cc(F)c(F)cc2F)CC1. The van der Waals surface area contributed by atoms with Crippen LogP contribution in [0.25, 0.3) is 0 Å². The maximum atomic E-state index is 13.4. The summed E-state index contributed by atoms with van der Waals surface area (Å²) in [5.41, 5.74) is 0.0402. The van der Waals surface area contributed by atoms with Gasteiger partial charge in [-0.3, -0.25) is 0 Å². The molecule has 17 heavy (non-hydrogen) atoms. The van der Waals surface area contributed by atoms with E-state index in [2.05, 4.69) is 10.2 Å². The summed E-state index contributed by atoms with van der Waals surface area (Å²) in [6.07, 6.45) is 1.74. The molecule has 0 atom stereocenters. The van der Waals surface area contributed by atoms with E-state index in [-0.39, 0.29) is 11.7 Å². The summed E-state index contributed by atoms with van der Waals surface area (Å²) in [4.78, 5) is 2.18. The lowest BCUT2D eigenvalue weighted by molar-refractivity contribution is 0.263. The van der Waals surface area contributed by atoms with Gasteiger partial charge in [0.1, 0.15) is 5.82 Å². The van der Waals surface area contributed by atoms with Gasteiger partial charge in [-0.1, -0.05) is 0 Å². The lowest BCUT2D eigenvalue weighted by atomic mass is 10.1. The van der Waals surface area contributed by atoms with Crippen molar-refractivity contribution >= 4 is 5.69 Å². The van der Waals surface area contributed by atoms with E-state index in [0.29, 0.717) is 6.07 Å². The van der Waals surface area contributed by atoms with Crippen LogP contribution in [0.5, 0.6) is 0 Å². The van der Waals surface area contributed by atoms with Crippen molar-refractivity contribution in [2.45, 2.75) is 18.9 Å². The highest BCUT2D eigenvalue weighted by Gasteiger charge is 2.18. The number of anilines is 1. The molecule has 1 heterocycles. The van der Waals surface area contributed by atoms with Crippen LogP contribution < -0.4 is 5.32 Å². The van der Waals surface area contributed by atoms with Crippen LogP contribution in [0.3, 0.4) is 0 Å².